The van der Waals surface area contributed by atoms with Crippen LogP contribution in [0.2, 0.25) is 5.02 Å². The molecule has 2 N–H and O–H groups in total. The maximum Gasteiger partial charge on any atom is 0.271 e. The van der Waals surface area contributed by atoms with E-state index in [0.717, 1.165) is 27.6 Å². The molecule has 9 nitrogen and oxygen atoms in total. The number of hydrogen-bond acceptors (Lipinski definition) is 8. The predicted molar refractivity (Wildman–Crippen MR) is 177 cm³/mol. The molecule has 216 valence electrons. The zero-order valence-corrected chi connectivity index (χ0v) is 26.7. The van der Waals surface area contributed by atoms with Gasteiger partial charge in [0.15, 0.2) is 5.13 Å². The van der Waals surface area contributed by atoms with Gasteiger partial charge in [0.05, 0.1) is 25.8 Å². The fraction of sp³-hybridized carbons (Fsp3) is 0.0333. The number of rotatable bonds is 10. The summed E-state index contributed by atoms with van der Waals surface area (Å²) in [7, 11) is 0. The van der Waals surface area contributed by atoms with Gasteiger partial charge in [-0.15, -0.1) is 11.3 Å². The first kappa shape index (κ1) is 30.4. The molecule has 0 atom stereocenters. The zero-order chi connectivity index (χ0) is 30.3. The van der Waals surface area contributed by atoms with Crippen molar-refractivity contribution in [1.29, 1.82) is 0 Å². The largest absolute Gasteiger partial charge is 0.487 e. The third kappa shape index (κ3) is 8.05. The first-order valence-electron chi connectivity index (χ1n) is 12.5. The van der Waals surface area contributed by atoms with Crippen LogP contribution in [0.5, 0.6) is 5.75 Å². The standard InChI is InChI=1S/C30H20Br2ClN5O4S/c31-25-13-19(14-26(32)28(25)42-16-18-1-11-24(12-2-18)38(40)41)15-34-37-29(39)21-5-3-20(4-6-21)27-17-43-30(36-27)35-23-9-7-22(33)8-10-23/h1-15,17H,16H2,(H,35,36)(H,37,39)/b34-15-. The fourth-order valence-corrected chi connectivity index (χ4v) is 6.12. The molecule has 0 fully saturated rings. The normalized spacial score (nSPS) is 11.0. The van der Waals surface area contributed by atoms with E-state index < -0.39 is 4.92 Å². The maximum absolute atomic E-state index is 12.6. The van der Waals surface area contributed by atoms with Gasteiger partial charge in [0, 0.05) is 39.3 Å². The average Bonchev–Trinajstić information content (AvgIpc) is 3.46. The van der Waals surface area contributed by atoms with Gasteiger partial charge in [0.25, 0.3) is 11.6 Å². The third-order valence-electron chi connectivity index (χ3n) is 5.97. The van der Waals surface area contributed by atoms with Crippen LogP contribution in [0.25, 0.3) is 11.3 Å². The third-order valence-corrected chi connectivity index (χ3v) is 8.16. The number of carbonyl (C=O) groups excluding carboxylic acids is 1. The number of non-ortho nitro benzene ring substituents is 1. The first-order chi connectivity index (χ1) is 20.7. The Morgan fingerprint density at radius 1 is 1.02 bits per heavy atom. The highest BCUT2D eigenvalue weighted by Crippen LogP contribution is 2.35. The van der Waals surface area contributed by atoms with Crippen molar-refractivity contribution >= 4 is 83.4 Å². The summed E-state index contributed by atoms with van der Waals surface area (Å²) in [5, 5.41) is 21.5. The van der Waals surface area contributed by atoms with Gasteiger partial charge in [0.2, 0.25) is 0 Å². The number of nitrogens with one attached hydrogen (secondary N) is 2. The zero-order valence-electron chi connectivity index (χ0n) is 22.0. The first-order valence-corrected chi connectivity index (χ1v) is 15.4. The monoisotopic (exact) mass is 739 g/mol. The molecule has 0 aliphatic rings. The minimum atomic E-state index is -0.446. The number of carbonyl (C=O) groups is 1. The van der Waals surface area contributed by atoms with Gasteiger partial charge < -0.3 is 10.1 Å². The molecular formula is C30H20Br2ClN5O4S. The number of nitro benzene ring substituents is 1. The molecule has 1 aromatic heterocycles. The molecule has 5 rings (SSSR count). The fourth-order valence-electron chi connectivity index (χ4n) is 3.80. The Morgan fingerprint density at radius 2 is 1.70 bits per heavy atom. The Balaban J connectivity index is 1.15. The summed E-state index contributed by atoms with van der Waals surface area (Å²) >= 11 is 14.4. The van der Waals surface area contributed by atoms with Gasteiger partial charge in [-0.3, -0.25) is 14.9 Å². The van der Waals surface area contributed by atoms with Crippen LogP contribution in [0.4, 0.5) is 16.5 Å². The van der Waals surface area contributed by atoms with Crippen LogP contribution in [-0.4, -0.2) is 22.0 Å². The molecular weight excluding hydrogens is 722 g/mol. The van der Waals surface area contributed by atoms with Crippen LogP contribution >= 0.6 is 54.8 Å². The second kappa shape index (κ2) is 13.9. The van der Waals surface area contributed by atoms with Crippen LogP contribution in [-0.2, 0) is 6.61 Å². The number of nitro groups is 1. The van der Waals surface area contributed by atoms with Gasteiger partial charge >= 0.3 is 0 Å². The number of nitrogens with zero attached hydrogens (tertiary/aromatic N) is 3. The molecule has 1 amide bonds. The number of anilines is 2. The van der Waals surface area contributed by atoms with E-state index in [4.69, 9.17) is 16.3 Å². The molecule has 13 heteroatoms. The number of amides is 1. The summed E-state index contributed by atoms with van der Waals surface area (Å²) in [6.45, 7) is 0.224. The molecule has 1 heterocycles. The Labute approximate surface area is 272 Å². The molecule has 5 aromatic rings. The van der Waals surface area contributed by atoms with E-state index in [-0.39, 0.29) is 18.2 Å². The number of hydrogen-bond donors (Lipinski definition) is 2. The maximum atomic E-state index is 12.6. The van der Waals surface area contributed by atoms with E-state index in [0.29, 0.717) is 30.8 Å². The van der Waals surface area contributed by atoms with Gasteiger partial charge in [-0.05, 0) is 104 Å². The second-order valence-electron chi connectivity index (χ2n) is 8.97. The van der Waals surface area contributed by atoms with Gasteiger partial charge in [-0.25, -0.2) is 10.4 Å². The molecule has 4 aromatic carbocycles. The van der Waals surface area contributed by atoms with Crippen molar-refractivity contribution in [2.75, 3.05) is 5.32 Å². The number of hydrazone groups is 1. The molecule has 0 saturated heterocycles. The lowest BCUT2D eigenvalue weighted by atomic mass is 10.1. The quantitative estimate of drug-likeness (QED) is 0.0838. The van der Waals surface area contributed by atoms with E-state index in [2.05, 4.69) is 52.7 Å². The average molecular weight is 742 g/mol. The highest BCUT2D eigenvalue weighted by molar-refractivity contribution is 9.11. The van der Waals surface area contributed by atoms with Crippen molar-refractivity contribution in [3.8, 4) is 17.0 Å². The SMILES string of the molecule is O=C(N/N=C\c1cc(Br)c(OCc2ccc([N+](=O)[O-])cc2)c(Br)c1)c1ccc(-c2csc(Nc3ccc(Cl)cc3)n2)cc1. The molecule has 0 saturated carbocycles. The Morgan fingerprint density at radius 3 is 2.35 bits per heavy atom. The van der Waals surface area contributed by atoms with Gasteiger partial charge in [-0.1, -0.05) is 23.7 Å². The minimum Gasteiger partial charge on any atom is -0.487 e. The van der Waals surface area contributed by atoms with Crippen molar-refractivity contribution in [1.82, 2.24) is 10.4 Å². The topological polar surface area (TPSA) is 119 Å². The van der Waals surface area contributed by atoms with Gasteiger partial charge in [0.1, 0.15) is 12.4 Å². The van der Waals surface area contributed by atoms with Crippen LogP contribution in [0.1, 0.15) is 21.5 Å². The van der Waals surface area contributed by atoms with Crippen molar-refractivity contribution < 1.29 is 14.5 Å². The number of aromatic nitrogens is 1. The number of thiazole rings is 1. The summed E-state index contributed by atoms with van der Waals surface area (Å²) in [6.07, 6.45) is 1.52. The minimum absolute atomic E-state index is 0.0208. The molecule has 0 unspecified atom stereocenters. The Hall–Kier alpha value is -4.10. The molecule has 0 aliphatic heterocycles. The Kier molecular flexibility index (Phi) is 9.82. The summed E-state index contributed by atoms with van der Waals surface area (Å²) < 4.78 is 7.23. The Bertz CT molecular complexity index is 1770. The molecule has 43 heavy (non-hydrogen) atoms. The molecule has 0 radical (unpaired) electrons. The van der Waals surface area contributed by atoms with Crippen LogP contribution < -0.4 is 15.5 Å². The summed E-state index contributed by atoms with van der Waals surface area (Å²) in [4.78, 5) is 27.7. The lowest BCUT2D eigenvalue weighted by Crippen LogP contribution is -2.17. The molecule has 0 bridgehead atoms. The van der Waals surface area contributed by atoms with Crippen LogP contribution in [0.15, 0.2) is 104 Å². The van der Waals surface area contributed by atoms with Gasteiger partial charge in [-0.2, -0.15) is 5.10 Å². The van der Waals surface area contributed by atoms with Crippen molar-refractivity contribution in [2.24, 2.45) is 5.10 Å². The summed E-state index contributed by atoms with van der Waals surface area (Å²) in [6, 6.07) is 24.2. The van der Waals surface area contributed by atoms with E-state index in [9.17, 15) is 14.9 Å². The number of halogens is 3. The predicted octanol–water partition coefficient (Wildman–Crippen LogP) is 8.98. The van der Waals surface area contributed by atoms with Crippen molar-refractivity contribution in [3.63, 3.8) is 0 Å². The molecule has 0 aliphatic carbocycles. The number of benzene rings is 4. The second-order valence-corrected chi connectivity index (χ2v) is 12.0. The highest BCUT2D eigenvalue weighted by atomic mass is 79.9. The van der Waals surface area contributed by atoms with E-state index in [1.165, 1.54) is 29.7 Å². The van der Waals surface area contributed by atoms with E-state index >= 15 is 0 Å². The van der Waals surface area contributed by atoms with E-state index in [1.54, 1.807) is 36.4 Å². The lowest BCUT2D eigenvalue weighted by Gasteiger charge is -2.11. The van der Waals surface area contributed by atoms with Crippen LogP contribution in [0, 0.1) is 10.1 Å². The van der Waals surface area contributed by atoms with E-state index in [1.807, 2.05) is 41.8 Å². The smallest absolute Gasteiger partial charge is 0.271 e. The lowest BCUT2D eigenvalue weighted by molar-refractivity contribution is -0.384. The van der Waals surface area contributed by atoms with Crippen LogP contribution in [0.3, 0.4) is 0 Å². The molecule has 0 spiro atoms. The van der Waals surface area contributed by atoms with Crippen molar-refractivity contribution in [3.05, 3.63) is 131 Å². The van der Waals surface area contributed by atoms with Crippen molar-refractivity contribution in [2.45, 2.75) is 6.61 Å². The highest BCUT2D eigenvalue weighted by Gasteiger charge is 2.11. The number of ether oxygens (including phenoxy) is 1. The summed E-state index contributed by atoms with van der Waals surface area (Å²) in [5.41, 5.74) is 7.08. The summed E-state index contributed by atoms with van der Waals surface area (Å²) in [5.74, 6) is 0.208.